The lowest BCUT2D eigenvalue weighted by molar-refractivity contribution is 0.216. The zero-order valence-corrected chi connectivity index (χ0v) is 8.17. The van der Waals surface area contributed by atoms with Gasteiger partial charge in [-0.2, -0.15) is 0 Å². The van der Waals surface area contributed by atoms with Crippen LogP contribution in [0.1, 0.15) is 40.5 Å². The first-order valence-electron chi connectivity index (χ1n) is 4.37. The van der Waals surface area contributed by atoms with Crippen LogP contribution in [0.4, 0.5) is 0 Å². The van der Waals surface area contributed by atoms with E-state index < -0.39 is 0 Å². The lowest BCUT2D eigenvalue weighted by Gasteiger charge is -2.04. The molecule has 0 amide bonds. The Balaban J connectivity index is 0. The predicted octanol–water partition coefficient (Wildman–Crippen LogP) is 1.80. The number of hydrogen-bond donors (Lipinski definition) is 2. The van der Waals surface area contributed by atoms with Gasteiger partial charge in [-0.25, -0.2) is 0 Å². The van der Waals surface area contributed by atoms with E-state index in [1.54, 1.807) is 13.8 Å². The van der Waals surface area contributed by atoms with Crippen LogP contribution in [-0.2, 0) is 0 Å². The molecule has 0 aliphatic rings. The molecular formula is C9H22O2. The normalized spacial score (nSPS) is 9.82. The molecular weight excluding hydrogens is 140 g/mol. The maximum absolute atomic E-state index is 8.53. The van der Waals surface area contributed by atoms with E-state index in [1.165, 1.54) is 0 Å². The fraction of sp³-hybridized carbons (Fsp3) is 1.00. The van der Waals surface area contributed by atoms with Crippen LogP contribution in [0.25, 0.3) is 0 Å². The van der Waals surface area contributed by atoms with Crippen LogP contribution in [0.3, 0.4) is 0 Å². The lowest BCUT2D eigenvalue weighted by atomic mass is 10.1. The number of rotatable bonds is 3. The van der Waals surface area contributed by atoms with Crippen LogP contribution < -0.4 is 0 Å². The van der Waals surface area contributed by atoms with Gasteiger partial charge in [0.2, 0.25) is 0 Å². The van der Waals surface area contributed by atoms with Crippen LogP contribution in [0.15, 0.2) is 0 Å². The summed E-state index contributed by atoms with van der Waals surface area (Å²) in [5.41, 5.74) is 0. The Morgan fingerprint density at radius 3 is 1.36 bits per heavy atom. The largest absolute Gasteiger partial charge is 0.396 e. The molecule has 11 heavy (non-hydrogen) atoms. The molecule has 0 aliphatic heterocycles. The summed E-state index contributed by atoms with van der Waals surface area (Å²) >= 11 is 0. The van der Waals surface area contributed by atoms with Crippen molar-refractivity contribution in [1.29, 1.82) is 0 Å². The zero-order valence-electron chi connectivity index (χ0n) is 8.17. The number of aliphatic hydroxyl groups excluding tert-OH is 2. The summed E-state index contributed by atoms with van der Waals surface area (Å²) in [4.78, 5) is 0. The molecule has 0 aromatic rings. The van der Waals surface area contributed by atoms with Gasteiger partial charge in [0, 0.05) is 12.7 Å². The van der Waals surface area contributed by atoms with E-state index in [-0.39, 0.29) is 6.10 Å². The summed E-state index contributed by atoms with van der Waals surface area (Å²) in [5, 5.41) is 16.6. The van der Waals surface area contributed by atoms with E-state index in [2.05, 4.69) is 13.8 Å². The molecule has 0 aromatic carbocycles. The second-order valence-corrected chi connectivity index (χ2v) is 2.96. The lowest BCUT2D eigenvalue weighted by Crippen LogP contribution is -2.01. The first-order chi connectivity index (χ1) is 5.08. The van der Waals surface area contributed by atoms with Gasteiger partial charge in [-0.3, -0.25) is 0 Å². The van der Waals surface area contributed by atoms with Gasteiger partial charge in [-0.05, 0) is 19.8 Å². The van der Waals surface area contributed by atoms with E-state index in [4.69, 9.17) is 10.2 Å². The Morgan fingerprint density at radius 1 is 1.09 bits per heavy atom. The molecule has 0 fully saturated rings. The van der Waals surface area contributed by atoms with Crippen LogP contribution in [0.2, 0.25) is 0 Å². The fourth-order valence-electron chi connectivity index (χ4n) is 0.547. The van der Waals surface area contributed by atoms with Crippen LogP contribution in [-0.4, -0.2) is 22.9 Å². The van der Waals surface area contributed by atoms with Gasteiger partial charge < -0.3 is 10.2 Å². The van der Waals surface area contributed by atoms with Crippen molar-refractivity contribution < 1.29 is 10.2 Å². The second kappa shape index (κ2) is 9.92. The maximum Gasteiger partial charge on any atom is 0.0483 e. The van der Waals surface area contributed by atoms with Gasteiger partial charge in [0.15, 0.2) is 0 Å². The molecule has 0 atom stereocenters. The van der Waals surface area contributed by atoms with Crippen molar-refractivity contribution in [2.24, 2.45) is 5.92 Å². The minimum absolute atomic E-state index is 0.167. The highest BCUT2D eigenvalue weighted by atomic mass is 16.3. The van der Waals surface area contributed by atoms with Gasteiger partial charge in [-0.1, -0.05) is 26.7 Å². The number of hydrogen-bond acceptors (Lipinski definition) is 2. The summed E-state index contributed by atoms with van der Waals surface area (Å²) in [6, 6.07) is 0. The summed E-state index contributed by atoms with van der Waals surface area (Å²) in [6.07, 6.45) is 2.04. The topological polar surface area (TPSA) is 40.5 Å². The first kappa shape index (κ1) is 13.5. The molecule has 2 heteroatoms. The van der Waals surface area contributed by atoms with Gasteiger partial charge in [0.1, 0.15) is 0 Å². The van der Waals surface area contributed by atoms with E-state index >= 15 is 0 Å². The van der Waals surface area contributed by atoms with Crippen LogP contribution in [0, 0.1) is 5.92 Å². The Labute approximate surface area is 70.3 Å². The maximum atomic E-state index is 8.53. The van der Waals surface area contributed by atoms with Gasteiger partial charge >= 0.3 is 0 Å². The predicted molar refractivity (Wildman–Crippen MR) is 48.5 cm³/mol. The average molecular weight is 162 g/mol. The van der Waals surface area contributed by atoms with Gasteiger partial charge in [-0.15, -0.1) is 0 Å². The van der Waals surface area contributed by atoms with Crippen molar-refractivity contribution in [1.82, 2.24) is 0 Å². The Bertz CT molecular complexity index is 50.3. The highest BCUT2D eigenvalue weighted by Crippen LogP contribution is 2.03. The molecule has 0 aromatic heterocycles. The van der Waals surface area contributed by atoms with Gasteiger partial charge in [0.05, 0.1) is 0 Å². The Kier molecular flexibility index (Phi) is 12.2. The van der Waals surface area contributed by atoms with Crippen molar-refractivity contribution >= 4 is 0 Å². The van der Waals surface area contributed by atoms with Crippen LogP contribution in [0.5, 0.6) is 0 Å². The molecule has 0 heterocycles. The zero-order chi connectivity index (χ0) is 9.28. The third-order valence-electron chi connectivity index (χ3n) is 1.41. The van der Waals surface area contributed by atoms with Crippen LogP contribution >= 0.6 is 0 Å². The number of aliphatic hydroxyl groups is 2. The summed E-state index contributed by atoms with van der Waals surface area (Å²) in [5.74, 6) is 0.542. The monoisotopic (exact) mass is 162 g/mol. The highest BCUT2D eigenvalue weighted by molar-refractivity contribution is 4.48. The van der Waals surface area contributed by atoms with E-state index in [9.17, 15) is 0 Å². The smallest absolute Gasteiger partial charge is 0.0483 e. The van der Waals surface area contributed by atoms with E-state index in [0.717, 1.165) is 12.8 Å². The Morgan fingerprint density at radius 2 is 1.36 bits per heavy atom. The molecule has 0 rings (SSSR count). The van der Waals surface area contributed by atoms with E-state index in [1.807, 2.05) is 0 Å². The van der Waals surface area contributed by atoms with Crippen molar-refractivity contribution in [3.63, 3.8) is 0 Å². The minimum atomic E-state index is -0.167. The molecule has 0 unspecified atom stereocenters. The molecule has 0 bridgehead atoms. The van der Waals surface area contributed by atoms with Crippen molar-refractivity contribution in [3.8, 4) is 0 Å². The quantitative estimate of drug-likeness (QED) is 0.664. The molecule has 2 nitrogen and oxygen atoms in total. The summed E-state index contributed by atoms with van der Waals surface area (Å²) < 4.78 is 0. The third-order valence-corrected chi connectivity index (χ3v) is 1.41. The molecule has 0 saturated heterocycles. The highest BCUT2D eigenvalue weighted by Gasteiger charge is 1.97. The first-order valence-corrected chi connectivity index (χ1v) is 4.37. The standard InChI is InChI=1S/C6H14O.C3H8O/c1-3-6(4-2)5-7;1-3(2)4/h6-7H,3-5H2,1-2H3;3-4H,1-2H3. The minimum Gasteiger partial charge on any atom is -0.396 e. The molecule has 70 valence electrons. The third kappa shape index (κ3) is 17.8. The van der Waals surface area contributed by atoms with Gasteiger partial charge in [0.25, 0.3) is 0 Å². The molecule has 0 radical (unpaired) electrons. The van der Waals surface area contributed by atoms with Crippen molar-refractivity contribution in [2.45, 2.75) is 46.6 Å². The average Bonchev–Trinajstić information content (AvgIpc) is 1.90. The van der Waals surface area contributed by atoms with E-state index in [0.29, 0.717) is 12.5 Å². The molecule has 0 aliphatic carbocycles. The molecule has 2 N–H and O–H groups in total. The van der Waals surface area contributed by atoms with Crippen molar-refractivity contribution in [3.05, 3.63) is 0 Å². The summed E-state index contributed by atoms with van der Waals surface area (Å²) in [7, 11) is 0. The SMILES string of the molecule is CC(C)O.CCC(CC)CO. The fourth-order valence-corrected chi connectivity index (χ4v) is 0.547. The van der Waals surface area contributed by atoms with Crippen molar-refractivity contribution in [2.75, 3.05) is 6.61 Å². The second-order valence-electron chi connectivity index (χ2n) is 2.96. The molecule has 0 saturated carbocycles. The Hall–Kier alpha value is -0.0800. The molecule has 0 spiro atoms. The summed E-state index contributed by atoms with van der Waals surface area (Å²) in [6.45, 7) is 8.00.